The van der Waals surface area contributed by atoms with Gasteiger partial charge < -0.3 is 5.32 Å². The second kappa shape index (κ2) is 7.84. The molecule has 27 heavy (non-hydrogen) atoms. The molecule has 0 saturated carbocycles. The van der Waals surface area contributed by atoms with E-state index in [1.54, 1.807) is 0 Å². The van der Waals surface area contributed by atoms with Gasteiger partial charge in [-0.05, 0) is 45.0 Å². The molecular weight excluding hydrogens is 360 g/mol. The molecule has 0 aliphatic heterocycles. The maximum Gasteiger partial charge on any atom is 0.321 e. The van der Waals surface area contributed by atoms with Gasteiger partial charge in [0.05, 0.1) is 16.8 Å². The molecule has 0 unspecified atom stereocenters. The summed E-state index contributed by atoms with van der Waals surface area (Å²) in [5, 5.41) is 5.76. The number of nitrogens with one attached hydrogen (secondary N) is 2. The number of nitrogens with zero attached hydrogens (tertiary/aromatic N) is 2. The Balaban J connectivity index is 1.77. The number of fused-ring (bicyclic) bond motifs is 1. The van der Waals surface area contributed by atoms with Crippen LogP contribution in [0.4, 0.5) is 4.79 Å². The summed E-state index contributed by atoms with van der Waals surface area (Å²) in [7, 11) is 0. The molecule has 0 radical (unpaired) electrons. The Labute approximate surface area is 162 Å². The number of carbonyl (C=O) groups excluding carboxylic acids is 2. The van der Waals surface area contributed by atoms with Crippen molar-refractivity contribution in [2.24, 2.45) is 0 Å². The van der Waals surface area contributed by atoms with Crippen molar-refractivity contribution in [2.75, 3.05) is 5.75 Å². The average molecular weight is 382 g/mol. The minimum atomic E-state index is -0.496. The molecule has 0 bridgehead atoms. The number of carbonyl (C=O) groups is 2. The summed E-state index contributed by atoms with van der Waals surface area (Å²) in [5.41, 5.74) is 2.39. The van der Waals surface area contributed by atoms with Gasteiger partial charge in [0.1, 0.15) is 0 Å². The average Bonchev–Trinajstić information content (AvgIpc) is 2.97. The van der Waals surface area contributed by atoms with Gasteiger partial charge in [-0.25, -0.2) is 9.78 Å². The Morgan fingerprint density at radius 1 is 1.04 bits per heavy atom. The topological polar surface area (TPSA) is 76.0 Å². The smallest absolute Gasteiger partial charge is 0.321 e. The molecule has 0 spiro atoms. The first-order valence-corrected chi connectivity index (χ1v) is 9.60. The van der Waals surface area contributed by atoms with Crippen LogP contribution >= 0.6 is 11.8 Å². The number of thioether (sulfide) groups is 1. The zero-order valence-corrected chi connectivity index (χ0v) is 16.3. The van der Waals surface area contributed by atoms with E-state index in [0.717, 1.165) is 16.7 Å². The Morgan fingerprint density at radius 2 is 1.70 bits per heavy atom. The number of hydrogen-bond donors (Lipinski definition) is 2. The third-order valence-electron chi connectivity index (χ3n) is 3.62. The Kier molecular flexibility index (Phi) is 5.51. The number of hydrogen-bond acceptors (Lipinski definition) is 4. The van der Waals surface area contributed by atoms with Gasteiger partial charge in [0, 0.05) is 11.2 Å². The second-order valence-electron chi connectivity index (χ2n) is 7.10. The lowest BCUT2D eigenvalue weighted by atomic mass is 10.1. The zero-order chi connectivity index (χ0) is 19.4. The fourth-order valence-corrected chi connectivity index (χ4v) is 3.42. The quantitative estimate of drug-likeness (QED) is 0.674. The van der Waals surface area contributed by atoms with Crippen LogP contribution in [0.1, 0.15) is 20.8 Å². The van der Waals surface area contributed by atoms with Crippen molar-refractivity contribution in [1.29, 1.82) is 0 Å². The fraction of sp³-hybridized carbons (Fsp3) is 0.250. The van der Waals surface area contributed by atoms with Crippen LogP contribution in [-0.2, 0) is 4.79 Å². The summed E-state index contributed by atoms with van der Waals surface area (Å²) >= 11 is 1.30. The zero-order valence-electron chi connectivity index (χ0n) is 15.5. The number of imidazole rings is 1. The molecule has 140 valence electrons. The van der Waals surface area contributed by atoms with Gasteiger partial charge in [0.15, 0.2) is 5.16 Å². The van der Waals surface area contributed by atoms with Gasteiger partial charge in [0.25, 0.3) is 0 Å². The van der Waals surface area contributed by atoms with E-state index in [-0.39, 0.29) is 11.7 Å². The lowest BCUT2D eigenvalue weighted by Gasteiger charge is -2.20. The largest absolute Gasteiger partial charge is 0.333 e. The van der Waals surface area contributed by atoms with Gasteiger partial charge >= 0.3 is 6.03 Å². The number of benzene rings is 2. The molecule has 2 aromatic carbocycles. The van der Waals surface area contributed by atoms with Crippen LogP contribution in [0.3, 0.4) is 0 Å². The number of urea groups is 1. The molecule has 3 amide bonds. The van der Waals surface area contributed by atoms with E-state index in [4.69, 9.17) is 0 Å². The number of rotatable bonds is 4. The number of imide groups is 1. The molecule has 1 aromatic heterocycles. The van der Waals surface area contributed by atoms with Crippen LogP contribution in [0.2, 0.25) is 0 Å². The molecule has 0 fully saturated rings. The first kappa shape index (κ1) is 19.0. The van der Waals surface area contributed by atoms with Crippen LogP contribution in [0.15, 0.2) is 59.8 Å². The molecule has 2 N–H and O–H groups in total. The highest BCUT2D eigenvalue weighted by molar-refractivity contribution is 7.99. The Hall–Kier alpha value is -2.80. The van der Waals surface area contributed by atoms with Crippen molar-refractivity contribution in [3.63, 3.8) is 0 Å². The Morgan fingerprint density at radius 3 is 2.41 bits per heavy atom. The van der Waals surface area contributed by atoms with E-state index in [1.807, 2.05) is 79.9 Å². The summed E-state index contributed by atoms with van der Waals surface area (Å²) in [6.45, 7) is 5.57. The Bertz CT molecular complexity index is 961. The van der Waals surface area contributed by atoms with E-state index in [0.29, 0.717) is 5.16 Å². The third kappa shape index (κ3) is 4.89. The third-order valence-corrected chi connectivity index (χ3v) is 4.56. The van der Waals surface area contributed by atoms with E-state index in [1.165, 1.54) is 11.8 Å². The minimum absolute atomic E-state index is 0.0910. The summed E-state index contributed by atoms with van der Waals surface area (Å²) in [6.07, 6.45) is 0. The van der Waals surface area contributed by atoms with Gasteiger partial charge in [-0.2, -0.15) is 0 Å². The van der Waals surface area contributed by atoms with E-state index in [9.17, 15) is 9.59 Å². The highest BCUT2D eigenvalue weighted by Crippen LogP contribution is 2.27. The molecule has 3 aromatic rings. The number of aromatic nitrogens is 2. The predicted octanol–water partition coefficient (Wildman–Crippen LogP) is 3.74. The molecule has 6 nitrogen and oxygen atoms in total. The van der Waals surface area contributed by atoms with Gasteiger partial charge in [-0.1, -0.05) is 42.1 Å². The van der Waals surface area contributed by atoms with Gasteiger partial charge in [-0.15, -0.1) is 0 Å². The molecule has 1 heterocycles. The molecule has 0 atom stereocenters. The van der Waals surface area contributed by atoms with E-state index >= 15 is 0 Å². The normalized spacial score (nSPS) is 11.4. The lowest BCUT2D eigenvalue weighted by Crippen LogP contribution is -2.48. The van der Waals surface area contributed by atoms with Crippen molar-refractivity contribution in [3.05, 3.63) is 54.6 Å². The predicted molar refractivity (Wildman–Crippen MR) is 108 cm³/mol. The highest BCUT2D eigenvalue weighted by Gasteiger charge is 2.17. The molecule has 3 rings (SSSR count). The second-order valence-corrected chi connectivity index (χ2v) is 8.04. The van der Waals surface area contributed by atoms with E-state index < -0.39 is 11.6 Å². The summed E-state index contributed by atoms with van der Waals surface area (Å²) in [5.74, 6) is -0.276. The lowest BCUT2D eigenvalue weighted by molar-refractivity contribution is -0.117. The minimum Gasteiger partial charge on any atom is -0.333 e. The summed E-state index contributed by atoms with van der Waals surface area (Å²) < 4.78 is 2.02. The van der Waals surface area contributed by atoms with E-state index in [2.05, 4.69) is 15.6 Å². The molecule has 0 aliphatic carbocycles. The van der Waals surface area contributed by atoms with Crippen molar-refractivity contribution in [1.82, 2.24) is 20.2 Å². The van der Waals surface area contributed by atoms with Crippen LogP contribution in [0.5, 0.6) is 0 Å². The van der Waals surface area contributed by atoms with Crippen LogP contribution in [0, 0.1) is 0 Å². The first-order chi connectivity index (χ1) is 12.8. The maximum atomic E-state index is 12.1. The van der Waals surface area contributed by atoms with Crippen LogP contribution in [-0.4, -0.2) is 32.8 Å². The molecule has 7 heteroatoms. The maximum absolute atomic E-state index is 12.1. The fourth-order valence-electron chi connectivity index (χ4n) is 2.59. The molecular formula is C20H22N4O2S. The summed E-state index contributed by atoms with van der Waals surface area (Å²) in [4.78, 5) is 28.6. The monoisotopic (exact) mass is 382 g/mol. The SMILES string of the molecule is CC(C)(C)NC(=O)NC(=O)CSc1nc2ccccc2n1-c1ccccc1. The van der Waals surface area contributed by atoms with Crippen molar-refractivity contribution in [3.8, 4) is 5.69 Å². The standard InChI is InChI=1S/C20H22N4O2S/c1-20(2,3)23-18(26)22-17(25)13-27-19-21-15-11-7-8-12-16(15)24(19)14-9-5-4-6-10-14/h4-12H,13H2,1-3H3,(H2,22,23,25,26). The number of amides is 3. The van der Waals surface area contributed by atoms with Gasteiger partial charge in [0.2, 0.25) is 5.91 Å². The molecule has 0 aliphatic rings. The van der Waals surface area contributed by atoms with Crippen LogP contribution in [0.25, 0.3) is 16.7 Å². The van der Waals surface area contributed by atoms with Crippen molar-refractivity contribution < 1.29 is 9.59 Å². The van der Waals surface area contributed by atoms with Crippen molar-refractivity contribution >= 4 is 34.7 Å². The highest BCUT2D eigenvalue weighted by atomic mass is 32.2. The van der Waals surface area contributed by atoms with Crippen molar-refractivity contribution in [2.45, 2.75) is 31.5 Å². The molecule has 0 saturated heterocycles. The first-order valence-electron chi connectivity index (χ1n) is 8.61. The van der Waals surface area contributed by atoms with Crippen LogP contribution < -0.4 is 10.6 Å². The number of para-hydroxylation sites is 3. The van der Waals surface area contributed by atoms with Gasteiger partial charge in [-0.3, -0.25) is 14.7 Å². The summed E-state index contributed by atoms with van der Waals surface area (Å²) in [6, 6.07) is 17.2.